The third-order valence-electron chi connectivity index (χ3n) is 5.25. The van der Waals surface area contributed by atoms with Gasteiger partial charge in [-0.1, -0.05) is 35.9 Å². The maximum absolute atomic E-state index is 14.1. The number of aryl methyl sites for hydroxylation is 1. The van der Waals surface area contributed by atoms with Crippen LogP contribution in [0.2, 0.25) is 5.02 Å². The van der Waals surface area contributed by atoms with Gasteiger partial charge in [0.1, 0.15) is 17.7 Å². The van der Waals surface area contributed by atoms with E-state index in [9.17, 15) is 14.0 Å². The molecule has 1 N–H and O–H groups in total. The largest absolute Gasteiger partial charge is 0.342 e. The van der Waals surface area contributed by atoms with E-state index in [1.54, 1.807) is 36.7 Å². The predicted molar refractivity (Wildman–Crippen MR) is 112 cm³/mol. The van der Waals surface area contributed by atoms with Crippen molar-refractivity contribution < 1.29 is 14.0 Å². The van der Waals surface area contributed by atoms with Gasteiger partial charge in [0.25, 0.3) is 0 Å². The van der Waals surface area contributed by atoms with Crippen molar-refractivity contribution in [2.24, 2.45) is 13.0 Å². The molecule has 3 aromatic rings. The molecule has 0 bridgehead atoms. The predicted octanol–water partition coefficient (Wildman–Crippen LogP) is 3.47. The van der Waals surface area contributed by atoms with Crippen LogP contribution in [0.4, 0.5) is 10.1 Å². The van der Waals surface area contributed by atoms with E-state index in [0.717, 1.165) is 5.56 Å². The first-order chi connectivity index (χ1) is 14.4. The van der Waals surface area contributed by atoms with Gasteiger partial charge in [0, 0.05) is 37.4 Å². The smallest absolute Gasteiger partial charge is 0.227 e. The molecule has 2 atom stereocenters. The molecule has 2 heterocycles. The maximum Gasteiger partial charge on any atom is 0.227 e. The summed E-state index contributed by atoms with van der Waals surface area (Å²) < 4.78 is 15.9. The molecule has 1 aromatic heterocycles. The average Bonchev–Trinajstić information content (AvgIpc) is 3.33. The van der Waals surface area contributed by atoms with Crippen LogP contribution in [0.1, 0.15) is 23.9 Å². The number of hydrogen-bond donors (Lipinski definition) is 1. The highest BCUT2D eigenvalue weighted by molar-refractivity contribution is 6.30. The summed E-state index contributed by atoms with van der Waals surface area (Å²) in [6.45, 7) is 0.125. The molecule has 1 aliphatic heterocycles. The topological polar surface area (TPSA) is 67.2 Å². The quantitative estimate of drug-likeness (QED) is 0.679. The van der Waals surface area contributed by atoms with Crippen molar-refractivity contribution in [3.63, 3.8) is 0 Å². The van der Waals surface area contributed by atoms with Crippen molar-refractivity contribution in [3.05, 3.63) is 83.2 Å². The Hall–Kier alpha value is -3.19. The SMILES string of the molecule is Cn1ccnc1C(NC(=O)C1CC(=O)N(c2ccccc2F)C1)c1ccc(Cl)cc1. The van der Waals surface area contributed by atoms with Gasteiger partial charge in [0.15, 0.2) is 0 Å². The van der Waals surface area contributed by atoms with Gasteiger partial charge in [-0.15, -0.1) is 0 Å². The van der Waals surface area contributed by atoms with E-state index in [-0.39, 0.29) is 30.5 Å². The van der Waals surface area contributed by atoms with Crippen LogP contribution in [0, 0.1) is 11.7 Å². The fourth-order valence-electron chi connectivity index (χ4n) is 3.65. The summed E-state index contributed by atoms with van der Waals surface area (Å²) in [6, 6.07) is 12.7. The van der Waals surface area contributed by atoms with Crippen molar-refractivity contribution >= 4 is 29.1 Å². The molecule has 0 saturated carbocycles. The minimum absolute atomic E-state index is 0.0219. The fourth-order valence-corrected chi connectivity index (χ4v) is 3.78. The number of amides is 2. The molecule has 30 heavy (non-hydrogen) atoms. The number of rotatable bonds is 5. The summed E-state index contributed by atoms with van der Waals surface area (Å²) in [6.07, 6.45) is 3.47. The second kappa shape index (κ2) is 8.28. The molecule has 1 saturated heterocycles. The number of benzene rings is 2. The van der Waals surface area contributed by atoms with Crippen LogP contribution in [0.3, 0.4) is 0 Å². The first kappa shape index (κ1) is 20.1. The zero-order chi connectivity index (χ0) is 21.3. The third kappa shape index (κ3) is 3.93. The van der Waals surface area contributed by atoms with Crippen molar-refractivity contribution in [2.75, 3.05) is 11.4 Å². The van der Waals surface area contributed by atoms with Crippen LogP contribution in [0.25, 0.3) is 0 Å². The number of carbonyl (C=O) groups excluding carboxylic acids is 2. The van der Waals surface area contributed by atoms with E-state index < -0.39 is 17.8 Å². The molecule has 2 aromatic carbocycles. The van der Waals surface area contributed by atoms with Gasteiger partial charge >= 0.3 is 0 Å². The van der Waals surface area contributed by atoms with E-state index >= 15 is 0 Å². The second-order valence-electron chi connectivity index (χ2n) is 7.25. The number of anilines is 1. The first-order valence-corrected chi connectivity index (χ1v) is 9.90. The summed E-state index contributed by atoms with van der Waals surface area (Å²) in [5.74, 6) is -0.988. The Morgan fingerprint density at radius 3 is 2.63 bits per heavy atom. The standard InChI is InChI=1S/C22H20ClFN4O2/c1-27-11-10-25-21(27)20(14-6-8-16(23)9-7-14)26-22(30)15-12-19(29)28(13-15)18-5-3-2-4-17(18)24/h2-11,15,20H,12-13H2,1H3,(H,26,30). The van der Waals surface area contributed by atoms with E-state index in [4.69, 9.17) is 11.6 Å². The van der Waals surface area contributed by atoms with Crippen molar-refractivity contribution in [3.8, 4) is 0 Å². The van der Waals surface area contributed by atoms with Gasteiger partial charge in [-0.3, -0.25) is 9.59 Å². The summed E-state index contributed by atoms with van der Waals surface area (Å²) in [5, 5.41) is 3.60. The summed E-state index contributed by atoms with van der Waals surface area (Å²) in [7, 11) is 1.84. The number of carbonyl (C=O) groups is 2. The van der Waals surface area contributed by atoms with E-state index in [1.165, 1.54) is 17.0 Å². The van der Waals surface area contributed by atoms with Gasteiger partial charge in [-0.05, 0) is 29.8 Å². The number of imidazole rings is 1. The molecule has 2 unspecified atom stereocenters. The molecular formula is C22H20ClFN4O2. The molecule has 0 spiro atoms. The molecule has 8 heteroatoms. The highest BCUT2D eigenvalue weighted by Gasteiger charge is 2.37. The number of para-hydroxylation sites is 1. The van der Waals surface area contributed by atoms with E-state index in [0.29, 0.717) is 10.8 Å². The molecule has 0 aliphatic carbocycles. The molecule has 0 radical (unpaired) electrons. The molecule has 154 valence electrons. The molecule has 1 aliphatic rings. The van der Waals surface area contributed by atoms with Crippen LogP contribution in [-0.2, 0) is 16.6 Å². The first-order valence-electron chi connectivity index (χ1n) is 9.52. The van der Waals surface area contributed by atoms with E-state index in [1.807, 2.05) is 23.7 Å². The Labute approximate surface area is 178 Å². The van der Waals surface area contributed by atoms with Gasteiger partial charge in [-0.25, -0.2) is 9.37 Å². The summed E-state index contributed by atoms with van der Waals surface area (Å²) in [4.78, 5) is 31.2. The zero-order valence-electron chi connectivity index (χ0n) is 16.3. The van der Waals surface area contributed by atoms with Gasteiger partial charge < -0.3 is 14.8 Å². The Bertz CT molecular complexity index is 1080. The molecule has 1 fully saturated rings. The second-order valence-corrected chi connectivity index (χ2v) is 7.68. The Morgan fingerprint density at radius 1 is 1.23 bits per heavy atom. The minimum Gasteiger partial charge on any atom is -0.342 e. The number of hydrogen-bond acceptors (Lipinski definition) is 3. The number of nitrogens with one attached hydrogen (secondary N) is 1. The van der Waals surface area contributed by atoms with Crippen LogP contribution >= 0.6 is 11.6 Å². The van der Waals surface area contributed by atoms with Crippen molar-refractivity contribution in [1.82, 2.24) is 14.9 Å². The lowest BCUT2D eigenvalue weighted by Crippen LogP contribution is -2.37. The molecule has 6 nitrogen and oxygen atoms in total. The monoisotopic (exact) mass is 426 g/mol. The third-order valence-corrected chi connectivity index (χ3v) is 5.50. The lowest BCUT2D eigenvalue weighted by Gasteiger charge is -2.22. The Morgan fingerprint density at radius 2 is 1.97 bits per heavy atom. The maximum atomic E-state index is 14.1. The lowest BCUT2D eigenvalue weighted by molar-refractivity contribution is -0.126. The van der Waals surface area contributed by atoms with Crippen LogP contribution in [0.15, 0.2) is 60.9 Å². The average molecular weight is 427 g/mol. The number of nitrogens with zero attached hydrogens (tertiary/aromatic N) is 3. The van der Waals surface area contributed by atoms with Crippen LogP contribution < -0.4 is 10.2 Å². The normalized spacial score (nSPS) is 17.2. The Kier molecular flexibility index (Phi) is 5.55. The van der Waals surface area contributed by atoms with Crippen molar-refractivity contribution in [2.45, 2.75) is 12.5 Å². The zero-order valence-corrected chi connectivity index (χ0v) is 17.0. The molecule has 2 amide bonds. The van der Waals surface area contributed by atoms with Gasteiger partial charge in [0.2, 0.25) is 11.8 Å². The van der Waals surface area contributed by atoms with Crippen molar-refractivity contribution in [1.29, 1.82) is 0 Å². The fraction of sp³-hybridized carbons (Fsp3) is 0.227. The van der Waals surface area contributed by atoms with Crippen LogP contribution in [-0.4, -0.2) is 27.9 Å². The number of aromatic nitrogens is 2. The summed E-state index contributed by atoms with van der Waals surface area (Å²) in [5.41, 5.74) is 1.01. The molecule has 4 rings (SSSR count). The van der Waals surface area contributed by atoms with Gasteiger partial charge in [-0.2, -0.15) is 0 Å². The summed E-state index contributed by atoms with van der Waals surface area (Å²) >= 11 is 6.00. The lowest BCUT2D eigenvalue weighted by atomic mass is 10.0. The highest BCUT2D eigenvalue weighted by atomic mass is 35.5. The van der Waals surface area contributed by atoms with Gasteiger partial charge in [0.05, 0.1) is 11.6 Å². The van der Waals surface area contributed by atoms with E-state index in [2.05, 4.69) is 10.3 Å². The van der Waals surface area contributed by atoms with Crippen LogP contribution in [0.5, 0.6) is 0 Å². The Balaban J connectivity index is 1.56. The minimum atomic E-state index is -0.591. The number of halogens is 2. The highest BCUT2D eigenvalue weighted by Crippen LogP contribution is 2.29. The molecular weight excluding hydrogens is 407 g/mol.